The van der Waals surface area contributed by atoms with Gasteiger partial charge in [-0.25, -0.2) is 4.98 Å². The molecule has 0 atom stereocenters. The second-order valence-corrected chi connectivity index (χ2v) is 7.01. The molecular weight excluding hydrogens is 338 g/mol. The number of para-hydroxylation sites is 1. The highest BCUT2D eigenvalue weighted by Gasteiger charge is 2.22. The van der Waals surface area contributed by atoms with E-state index >= 15 is 0 Å². The maximum Gasteiger partial charge on any atom is 0.137 e. The van der Waals surface area contributed by atoms with Crippen LogP contribution in [0.15, 0.2) is 42.6 Å². The molecule has 0 radical (unpaired) electrons. The third kappa shape index (κ3) is 3.50. The first kappa shape index (κ1) is 17.8. The Morgan fingerprint density at radius 3 is 2.52 bits per heavy atom. The molecule has 0 aliphatic carbocycles. The molecule has 1 saturated heterocycles. The summed E-state index contributed by atoms with van der Waals surface area (Å²) in [6, 6.07) is 11.9. The van der Waals surface area contributed by atoms with Crippen molar-refractivity contribution in [2.24, 2.45) is 0 Å². The van der Waals surface area contributed by atoms with Crippen molar-refractivity contribution in [2.75, 3.05) is 45.6 Å². The Kier molecular flexibility index (Phi) is 5.01. The number of ether oxygens (including phenoxy) is 1. The molecule has 4 rings (SSSR count). The molecule has 3 aromatic rings. The number of nitrogens with two attached hydrogens (primary N) is 1. The molecule has 6 nitrogen and oxygen atoms in total. The van der Waals surface area contributed by atoms with Crippen LogP contribution in [-0.4, -0.2) is 59.0 Å². The number of piperazine rings is 1. The van der Waals surface area contributed by atoms with Crippen LogP contribution in [0.2, 0.25) is 0 Å². The molecule has 0 amide bonds. The number of rotatable bonds is 5. The van der Waals surface area contributed by atoms with E-state index in [1.165, 1.54) is 0 Å². The maximum absolute atomic E-state index is 6.07. The molecule has 2 N–H and O–H groups in total. The second kappa shape index (κ2) is 7.58. The smallest absolute Gasteiger partial charge is 0.137 e. The number of imidazole rings is 1. The second-order valence-electron chi connectivity index (χ2n) is 7.01. The van der Waals surface area contributed by atoms with Crippen LogP contribution in [0.3, 0.4) is 0 Å². The largest absolute Gasteiger partial charge is 0.496 e. The third-order valence-electron chi connectivity index (χ3n) is 5.39. The molecule has 3 heterocycles. The van der Waals surface area contributed by atoms with Crippen molar-refractivity contribution in [1.29, 1.82) is 0 Å². The average Bonchev–Trinajstić information content (AvgIpc) is 3.06. The minimum absolute atomic E-state index is 0.739. The van der Waals surface area contributed by atoms with Crippen molar-refractivity contribution >= 4 is 11.3 Å². The minimum atomic E-state index is 0.739. The Bertz CT molecular complexity index is 927. The summed E-state index contributed by atoms with van der Waals surface area (Å²) in [5.74, 6) is 0.839. The molecule has 0 saturated carbocycles. The van der Waals surface area contributed by atoms with Crippen molar-refractivity contribution in [3.63, 3.8) is 0 Å². The molecule has 142 valence electrons. The standard InChI is InChI=1S/C21H27N5O/c1-3-24-10-12-25(13-11-24)15-18-21(17-6-4-5-7-19(17)27-2)23-20-9-8-16(22)14-26(18)20/h4-9,14H,3,10-13,15,22H2,1-2H3. The van der Waals surface area contributed by atoms with Gasteiger partial charge in [0.2, 0.25) is 0 Å². The van der Waals surface area contributed by atoms with Crippen LogP contribution in [-0.2, 0) is 6.54 Å². The van der Waals surface area contributed by atoms with Gasteiger partial charge in [-0.15, -0.1) is 0 Å². The lowest BCUT2D eigenvalue weighted by atomic mass is 10.1. The zero-order chi connectivity index (χ0) is 18.8. The Hall–Kier alpha value is -2.57. The van der Waals surface area contributed by atoms with Crippen molar-refractivity contribution in [3.05, 3.63) is 48.3 Å². The van der Waals surface area contributed by atoms with Crippen molar-refractivity contribution in [1.82, 2.24) is 19.2 Å². The fraction of sp³-hybridized carbons (Fsp3) is 0.381. The van der Waals surface area contributed by atoms with Crippen LogP contribution in [0.5, 0.6) is 5.75 Å². The number of aromatic nitrogens is 2. The number of anilines is 1. The summed E-state index contributed by atoms with van der Waals surface area (Å²) in [6.07, 6.45) is 1.97. The zero-order valence-corrected chi connectivity index (χ0v) is 16.1. The number of benzene rings is 1. The highest BCUT2D eigenvalue weighted by atomic mass is 16.5. The summed E-state index contributed by atoms with van der Waals surface area (Å²) in [7, 11) is 1.70. The fourth-order valence-corrected chi connectivity index (χ4v) is 3.79. The molecule has 0 unspecified atom stereocenters. The number of nitrogens with zero attached hydrogens (tertiary/aromatic N) is 4. The molecule has 6 heteroatoms. The predicted octanol–water partition coefficient (Wildman–Crippen LogP) is 2.73. The van der Waals surface area contributed by atoms with Crippen LogP contribution in [0, 0.1) is 0 Å². The van der Waals surface area contributed by atoms with Gasteiger partial charge in [0.15, 0.2) is 0 Å². The van der Waals surface area contributed by atoms with Crippen LogP contribution in [0.1, 0.15) is 12.6 Å². The summed E-state index contributed by atoms with van der Waals surface area (Å²) in [4.78, 5) is 9.91. The van der Waals surface area contributed by atoms with Gasteiger partial charge in [-0.05, 0) is 30.8 Å². The number of likely N-dealkylation sites (N-methyl/N-ethyl adjacent to an activating group) is 1. The molecule has 0 bridgehead atoms. The lowest BCUT2D eigenvalue weighted by Crippen LogP contribution is -2.45. The van der Waals surface area contributed by atoms with Gasteiger partial charge < -0.3 is 19.8 Å². The van der Waals surface area contributed by atoms with Gasteiger partial charge in [-0.2, -0.15) is 0 Å². The lowest BCUT2D eigenvalue weighted by Gasteiger charge is -2.34. The number of fused-ring (bicyclic) bond motifs is 1. The molecule has 1 aliphatic heterocycles. The Labute approximate surface area is 160 Å². The zero-order valence-electron chi connectivity index (χ0n) is 16.1. The monoisotopic (exact) mass is 365 g/mol. The molecule has 27 heavy (non-hydrogen) atoms. The molecule has 1 aliphatic rings. The molecule has 0 spiro atoms. The van der Waals surface area contributed by atoms with Crippen LogP contribution >= 0.6 is 0 Å². The molecule has 1 fully saturated rings. The van der Waals surface area contributed by atoms with Crippen molar-refractivity contribution in [2.45, 2.75) is 13.5 Å². The lowest BCUT2D eigenvalue weighted by molar-refractivity contribution is 0.131. The first-order valence-corrected chi connectivity index (χ1v) is 9.54. The maximum atomic E-state index is 6.07. The summed E-state index contributed by atoms with van der Waals surface area (Å²) < 4.78 is 7.73. The average molecular weight is 365 g/mol. The normalized spacial score (nSPS) is 16.1. The fourth-order valence-electron chi connectivity index (χ4n) is 3.79. The highest BCUT2D eigenvalue weighted by Crippen LogP contribution is 2.33. The van der Waals surface area contributed by atoms with Crippen LogP contribution in [0.25, 0.3) is 16.9 Å². The third-order valence-corrected chi connectivity index (χ3v) is 5.39. The van der Waals surface area contributed by atoms with E-state index < -0.39 is 0 Å². The van der Waals surface area contributed by atoms with E-state index in [1.54, 1.807) is 7.11 Å². The number of pyridine rings is 1. The molecule has 1 aromatic carbocycles. The summed E-state index contributed by atoms with van der Waals surface area (Å²) in [5.41, 5.74) is 10.9. The van der Waals surface area contributed by atoms with E-state index in [1.807, 2.05) is 36.5 Å². The number of methoxy groups -OCH3 is 1. The van der Waals surface area contributed by atoms with Gasteiger partial charge in [-0.1, -0.05) is 19.1 Å². The predicted molar refractivity (Wildman–Crippen MR) is 109 cm³/mol. The van der Waals surface area contributed by atoms with Gasteiger partial charge in [0.05, 0.1) is 18.5 Å². The van der Waals surface area contributed by atoms with Gasteiger partial charge in [0.1, 0.15) is 11.4 Å². The Balaban J connectivity index is 1.76. The van der Waals surface area contributed by atoms with E-state index in [4.69, 9.17) is 15.5 Å². The first-order valence-electron chi connectivity index (χ1n) is 9.54. The summed E-state index contributed by atoms with van der Waals surface area (Å²) in [5, 5.41) is 0. The van der Waals surface area contributed by atoms with Gasteiger partial charge in [-0.3, -0.25) is 4.90 Å². The van der Waals surface area contributed by atoms with Gasteiger partial charge in [0.25, 0.3) is 0 Å². The number of hydrogen-bond acceptors (Lipinski definition) is 5. The summed E-state index contributed by atoms with van der Waals surface area (Å²) >= 11 is 0. The van der Waals surface area contributed by atoms with Crippen molar-refractivity contribution < 1.29 is 4.74 Å². The van der Waals surface area contributed by atoms with E-state index in [2.05, 4.69) is 27.2 Å². The van der Waals surface area contributed by atoms with Crippen molar-refractivity contribution in [3.8, 4) is 17.0 Å². The van der Waals surface area contributed by atoms with Gasteiger partial charge >= 0.3 is 0 Å². The van der Waals surface area contributed by atoms with Crippen LogP contribution < -0.4 is 10.5 Å². The highest BCUT2D eigenvalue weighted by molar-refractivity contribution is 5.72. The Morgan fingerprint density at radius 2 is 1.78 bits per heavy atom. The van der Waals surface area contributed by atoms with Crippen LogP contribution in [0.4, 0.5) is 5.69 Å². The SMILES string of the molecule is CCN1CCN(Cc2c(-c3ccccc3OC)nc3ccc(N)cn23)CC1. The van der Waals surface area contributed by atoms with E-state index in [-0.39, 0.29) is 0 Å². The number of hydrogen-bond donors (Lipinski definition) is 1. The molecular formula is C21H27N5O. The van der Waals surface area contributed by atoms with E-state index in [0.29, 0.717) is 0 Å². The molecule has 2 aromatic heterocycles. The van der Waals surface area contributed by atoms with E-state index in [0.717, 1.165) is 73.3 Å². The number of nitrogen functional groups attached to an aromatic ring is 1. The topological polar surface area (TPSA) is 59.0 Å². The van der Waals surface area contributed by atoms with E-state index in [9.17, 15) is 0 Å². The Morgan fingerprint density at radius 1 is 1.04 bits per heavy atom. The van der Waals surface area contributed by atoms with Gasteiger partial charge in [0, 0.05) is 50.2 Å². The minimum Gasteiger partial charge on any atom is -0.496 e. The first-order chi connectivity index (χ1) is 13.2. The summed E-state index contributed by atoms with van der Waals surface area (Å²) in [6.45, 7) is 8.53. The quantitative estimate of drug-likeness (QED) is 0.753.